The van der Waals surface area contributed by atoms with Crippen LogP contribution in [0, 0.1) is 10.5 Å². The highest BCUT2D eigenvalue weighted by molar-refractivity contribution is 14.1. The molecule has 18 heavy (non-hydrogen) atoms. The maximum absolute atomic E-state index is 12.1. The van der Waals surface area contributed by atoms with Crippen LogP contribution in [-0.2, 0) is 0 Å². The van der Waals surface area contributed by atoms with E-state index in [1.54, 1.807) is 12.1 Å². The monoisotopic (exact) mass is 371 g/mol. The van der Waals surface area contributed by atoms with Crippen molar-refractivity contribution in [2.75, 3.05) is 5.32 Å². The van der Waals surface area contributed by atoms with Gasteiger partial charge in [-0.05, 0) is 59.3 Å². The van der Waals surface area contributed by atoms with E-state index in [1.807, 2.05) is 37.3 Å². The van der Waals surface area contributed by atoms with E-state index in [9.17, 15) is 4.79 Å². The molecule has 1 amide bonds. The number of aryl methyl sites for hydroxylation is 1. The molecule has 92 valence electrons. The fourth-order valence-corrected chi connectivity index (χ4v) is 2.06. The Bertz CT molecular complexity index is 598. The molecule has 0 saturated carbocycles. The van der Waals surface area contributed by atoms with Crippen molar-refractivity contribution in [3.05, 3.63) is 62.2 Å². The Balaban J connectivity index is 2.22. The Hall–Kier alpha value is -1.07. The maximum Gasteiger partial charge on any atom is 0.255 e. The lowest BCUT2D eigenvalue weighted by Gasteiger charge is -2.08. The fraction of sp³-hybridized carbons (Fsp3) is 0.0714. The lowest BCUT2D eigenvalue weighted by atomic mass is 10.1. The van der Waals surface area contributed by atoms with Crippen molar-refractivity contribution in [1.82, 2.24) is 0 Å². The summed E-state index contributed by atoms with van der Waals surface area (Å²) in [6, 6.07) is 12.9. The maximum atomic E-state index is 12.1. The number of nitrogens with one attached hydrogen (secondary N) is 1. The van der Waals surface area contributed by atoms with Crippen LogP contribution >= 0.6 is 34.2 Å². The largest absolute Gasteiger partial charge is 0.322 e. The van der Waals surface area contributed by atoms with Crippen LogP contribution in [0.15, 0.2) is 42.5 Å². The van der Waals surface area contributed by atoms with Crippen LogP contribution in [0.3, 0.4) is 0 Å². The van der Waals surface area contributed by atoms with Gasteiger partial charge in [0.15, 0.2) is 0 Å². The molecule has 2 aromatic carbocycles. The summed E-state index contributed by atoms with van der Waals surface area (Å²) >= 11 is 8.13. The van der Waals surface area contributed by atoms with E-state index in [4.69, 9.17) is 11.6 Å². The van der Waals surface area contributed by atoms with Gasteiger partial charge in [0.2, 0.25) is 0 Å². The average Bonchev–Trinajstić information content (AvgIpc) is 2.35. The van der Waals surface area contributed by atoms with E-state index in [0.717, 1.165) is 14.8 Å². The molecule has 4 heteroatoms. The van der Waals surface area contributed by atoms with Gasteiger partial charge in [-0.1, -0.05) is 29.8 Å². The Kier molecular flexibility index (Phi) is 4.24. The summed E-state index contributed by atoms with van der Waals surface area (Å²) in [7, 11) is 0. The number of hydrogen-bond donors (Lipinski definition) is 1. The molecule has 1 N–H and O–H groups in total. The Morgan fingerprint density at radius 3 is 2.61 bits per heavy atom. The minimum absolute atomic E-state index is 0.150. The van der Waals surface area contributed by atoms with Crippen LogP contribution in [0.4, 0.5) is 5.69 Å². The van der Waals surface area contributed by atoms with Gasteiger partial charge in [0.1, 0.15) is 0 Å². The van der Waals surface area contributed by atoms with Crippen LogP contribution < -0.4 is 5.32 Å². The molecule has 0 radical (unpaired) electrons. The van der Waals surface area contributed by atoms with E-state index < -0.39 is 0 Å². The molecular weight excluding hydrogens is 361 g/mol. The topological polar surface area (TPSA) is 29.1 Å². The van der Waals surface area contributed by atoms with E-state index in [2.05, 4.69) is 27.9 Å². The molecule has 2 nitrogen and oxygen atoms in total. The summed E-state index contributed by atoms with van der Waals surface area (Å²) in [5, 5.41) is 3.46. The Labute approximate surface area is 124 Å². The highest BCUT2D eigenvalue weighted by atomic mass is 127. The van der Waals surface area contributed by atoms with Gasteiger partial charge in [-0.15, -0.1) is 0 Å². The van der Waals surface area contributed by atoms with Gasteiger partial charge in [0.25, 0.3) is 5.91 Å². The first-order chi connectivity index (χ1) is 8.58. The van der Waals surface area contributed by atoms with Crippen molar-refractivity contribution < 1.29 is 4.79 Å². The molecule has 0 saturated heterocycles. The van der Waals surface area contributed by atoms with Crippen molar-refractivity contribution in [3.8, 4) is 0 Å². The van der Waals surface area contributed by atoms with Crippen LogP contribution in [0.5, 0.6) is 0 Å². The SMILES string of the molecule is Cc1ccccc1NC(=O)c1ccc(I)c(Cl)c1. The second-order valence-electron chi connectivity index (χ2n) is 3.90. The number of anilines is 1. The molecule has 0 aromatic heterocycles. The van der Waals surface area contributed by atoms with Crippen molar-refractivity contribution in [2.45, 2.75) is 6.92 Å². The molecule has 0 aliphatic carbocycles. The van der Waals surface area contributed by atoms with Gasteiger partial charge >= 0.3 is 0 Å². The highest BCUT2D eigenvalue weighted by Crippen LogP contribution is 2.21. The first kappa shape index (κ1) is 13.4. The lowest BCUT2D eigenvalue weighted by molar-refractivity contribution is 0.102. The molecular formula is C14H11ClINO. The van der Waals surface area contributed by atoms with E-state index in [1.165, 1.54) is 0 Å². The molecule has 0 atom stereocenters. The second kappa shape index (κ2) is 5.71. The number of rotatable bonds is 2. The molecule has 0 aliphatic rings. The summed E-state index contributed by atoms with van der Waals surface area (Å²) in [6.07, 6.45) is 0. The van der Waals surface area contributed by atoms with E-state index in [0.29, 0.717) is 10.6 Å². The number of para-hydroxylation sites is 1. The number of hydrogen-bond acceptors (Lipinski definition) is 1. The molecule has 0 aliphatic heterocycles. The van der Waals surface area contributed by atoms with Gasteiger partial charge in [-0.2, -0.15) is 0 Å². The molecule has 2 rings (SSSR count). The first-order valence-corrected chi connectivity index (χ1v) is 6.85. The zero-order chi connectivity index (χ0) is 13.1. The van der Waals surface area contributed by atoms with Gasteiger partial charge in [-0.25, -0.2) is 0 Å². The number of carbonyl (C=O) groups excluding carboxylic acids is 1. The standard InChI is InChI=1S/C14H11ClINO/c1-9-4-2-3-5-13(9)17-14(18)10-6-7-12(16)11(15)8-10/h2-8H,1H3,(H,17,18). The molecule has 0 bridgehead atoms. The smallest absolute Gasteiger partial charge is 0.255 e. The van der Waals surface area contributed by atoms with Crippen molar-refractivity contribution in [3.63, 3.8) is 0 Å². The first-order valence-electron chi connectivity index (χ1n) is 5.40. The molecule has 0 heterocycles. The zero-order valence-corrected chi connectivity index (χ0v) is 12.6. The van der Waals surface area contributed by atoms with Gasteiger partial charge in [0, 0.05) is 14.8 Å². The third-order valence-electron chi connectivity index (χ3n) is 2.58. The Morgan fingerprint density at radius 1 is 1.22 bits per heavy atom. The predicted octanol–water partition coefficient (Wildman–Crippen LogP) is 4.51. The van der Waals surface area contributed by atoms with Crippen LogP contribution in [0.2, 0.25) is 5.02 Å². The number of benzene rings is 2. The number of carbonyl (C=O) groups is 1. The van der Waals surface area contributed by atoms with Crippen molar-refractivity contribution in [2.24, 2.45) is 0 Å². The summed E-state index contributed by atoms with van der Waals surface area (Å²) in [4.78, 5) is 12.1. The fourth-order valence-electron chi connectivity index (χ4n) is 1.55. The second-order valence-corrected chi connectivity index (χ2v) is 5.47. The van der Waals surface area contributed by atoms with E-state index >= 15 is 0 Å². The predicted molar refractivity (Wildman–Crippen MR) is 83.3 cm³/mol. The molecule has 2 aromatic rings. The quantitative estimate of drug-likeness (QED) is 0.774. The number of amides is 1. The van der Waals surface area contributed by atoms with Gasteiger partial charge in [-0.3, -0.25) is 4.79 Å². The summed E-state index contributed by atoms with van der Waals surface area (Å²) in [5.41, 5.74) is 2.41. The lowest BCUT2D eigenvalue weighted by Crippen LogP contribution is -2.12. The van der Waals surface area contributed by atoms with Crippen molar-refractivity contribution in [1.29, 1.82) is 0 Å². The summed E-state index contributed by atoms with van der Waals surface area (Å²) in [6.45, 7) is 1.95. The van der Waals surface area contributed by atoms with Crippen LogP contribution in [0.25, 0.3) is 0 Å². The van der Waals surface area contributed by atoms with Crippen LogP contribution in [0.1, 0.15) is 15.9 Å². The van der Waals surface area contributed by atoms with Crippen molar-refractivity contribution >= 4 is 45.8 Å². The van der Waals surface area contributed by atoms with E-state index in [-0.39, 0.29) is 5.91 Å². The molecule has 0 spiro atoms. The summed E-state index contributed by atoms with van der Waals surface area (Å²) < 4.78 is 0.932. The normalized spacial score (nSPS) is 10.2. The number of halogens is 2. The average molecular weight is 372 g/mol. The van der Waals surface area contributed by atoms with Gasteiger partial charge < -0.3 is 5.32 Å². The third kappa shape index (κ3) is 3.03. The minimum Gasteiger partial charge on any atom is -0.322 e. The molecule has 0 fully saturated rings. The highest BCUT2D eigenvalue weighted by Gasteiger charge is 2.09. The third-order valence-corrected chi connectivity index (χ3v) is 4.15. The van der Waals surface area contributed by atoms with Gasteiger partial charge in [0.05, 0.1) is 5.02 Å². The minimum atomic E-state index is -0.150. The molecule has 0 unspecified atom stereocenters. The Morgan fingerprint density at radius 2 is 1.94 bits per heavy atom. The summed E-state index contributed by atoms with van der Waals surface area (Å²) in [5.74, 6) is -0.150. The zero-order valence-electron chi connectivity index (χ0n) is 9.71. The van der Waals surface area contributed by atoms with Crippen LogP contribution in [-0.4, -0.2) is 5.91 Å².